The number of rotatable bonds is 6. The van der Waals surface area contributed by atoms with Gasteiger partial charge in [0.1, 0.15) is 0 Å². The lowest BCUT2D eigenvalue weighted by Gasteiger charge is -2.30. The van der Waals surface area contributed by atoms with Crippen LogP contribution >= 0.6 is 11.6 Å². The molecule has 0 radical (unpaired) electrons. The highest BCUT2D eigenvalue weighted by molar-refractivity contribution is 6.30. The van der Waals surface area contributed by atoms with Crippen LogP contribution in [0.3, 0.4) is 0 Å². The molecule has 0 aliphatic heterocycles. The average molecular weight is 498 g/mol. The largest absolute Gasteiger partial charge is 0.481 e. The van der Waals surface area contributed by atoms with Gasteiger partial charge < -0.3 is 14.4 Å². The second kappa shape index (κ2) is 9.41. The van der Waals surface area contributed by atoms with Crippen LogP contribution in [-0.4, -0.2) is 26.8 Å². The molecular weight excluding hydrogens is 470 g/mol. The number of methoxy groups -OCH3 is 1. The summed E-state index contributed by atoms with van der Waals surface area (Å²) in [5.74, 6) is 0.905. The third kappa shape index (κ3) is 4.15. The molecule has 5 aromatic rings. The Morgan fingerprint density at radius 2 is 1.72 bits per heavy atom. The molecule has 182 valence electrons. The number of halogens is 1. The van der Waals surface area contributed by atoms with Crippen molar-refractivity contribution >= 4 is 22.5 Å². The van der Waals surface area contributed by atoms with Gasteiger partial charge in [-0.25, -0.2) is 9.97 Å². The number of fused-ring (bicyclic) bond motifs is 1. The molecule has 0 bridgehead atoms. The van der Waals surface area contributed by atoms with Crippen LogP contribution in [0.15, 0.2) is 85.3 Å². The van der Waals surface area contributed by atoms with Gasteiger partial charge in [-0.05, 0) is 58.0 Å². The molecule has 0 spiro atoms. The zero-order valence-electron chi connectivity index (χ0n) is 20.7. The smallest absolute Gasteiger partial charge is 0.214 e. The van der Waals surface area contributed by atoms with E-state index < -0.39 is 5.60 Å². The number of aliphatic hydroxyl groups is 1. The maximum absolute atomic E-state index is 12.5. The summed E-state index contributed by atoms with van der Waals surface area (Å²) in [5, 5.41) is 14.0. The van der Waals surface area contributed by atoms with E-state index in [4.69, 9.17) is 16.3 Å². The van der Waals surface area contributed by atoms with Crippen molar-refractivity contribution in [2.75, 3.05) is 7.11 Å². The standard InChI is InChI=1S/C30H28ClN3O2/c1-19(2)20-8-10-22(11-9-20)30(35,28-17-32-18-34(28)3)23-12-13-27-26(15-23)25(16-29(33-27)36-4)21-6-5-7-24(31)14-21/h5-19,35H,1-4H3. The van der Waals surface area contributed by atoms with E-state index in [1.54, 1.807) is 19.6 Å². The number of imidazole rings is 1. The van der Waals surface area contributed by atoms with Gasteiger partial charge >= 0.3 is 0 Å². The Morgan fingerprint density at radius 1 is 0.972 bits per heavy atom. The van der Waals surface area contributed by atoms with Gasteiger partial charge in [0.2, 0.25) is 5.88 Å². The van der Waals surface area contributed by atoms with Gasteiger partial charge in [-0.2, -0.15) is 0 Å². The van der Waals surface area contributed by atoms with Crippen LogP contribution in [0.25, 0.3) is 22.0 Å². The Bertz CT molecular complexity index is 1540. The molecule has 1 atom stereocenters. The van der Waals surface area contributed by atoms with Crippen LogP contribution in [0, 0.1) is 0 Å². The minimum atomic E-state index is -1.43. The van der Waals surface area contributed by atoms with Gasteiger partial charge in [-0.1, -0.05) is 67.9 Å². The maximum atomic E-state index is 12.5. The van der Waals surface area contributed by atoms with Crippen LogP contribution < -0.4 is 4.74 Å². The van der Waals surface area contributed by atoms with E-state index >= 15 is 0 Å². The van der Waals surface area contributed by atoms with Crippen molar-refractivity contribution in [1.29, 1.82) is 0 Å². The number of hydrogen-bond donors (Lipinski definition) is 1. The van der Waals surface area contributed by atoms with Gasteiger partial charge in [0.15, 0.2) is 5.60 Å². The second-order valence-corrected chi connectivity index (χ2v) is 9.77. The minimum absolute atomic E-state index is 0.394. The molecule has 2 heterocycles. The SMILES string of the molecule is COc1cc(-c2cccc(Cl)c2)c2cc(C(O)(c3ccc(C(C)C)cc3)c3cncn3C)ccc2n1. The molecule has 1 N–H and O–H groups in total. The third-order valence-electron chi connectivity index (χ3n) is 6.73. The first-order valence-electron chi connectivity index (χ1n) is 11.9. The minimum Gasteiger partial charge on any atom is -0.481 e. The van der Waals surface area contributed by atoms with Crippen molar-refractivity contribution in [2.24, 2.45) is 7.05 Å². The van der Waals surface area contributed by atoms with Crippen molar-refractivity contribution in [3.63, 3.8) is 0 Å². The topological polar surface area (TPSA) is 60.2 Å². The quantitative estimate of drug-likeness (QED) is 0.283. The molecule has 0 aliphatic rings. The number of ether oxygens (including phenoxy) is 1. The highest BCUT2D eigenvalue weighted by Gasteiger charge is 2.37. The summed E-state index contributed by atoms with van der Waals surface area (Å²) in [6.45, 7) is 4.31. The molecule has 0 amide bonds. The van der Waals surface area contributed by atoms with Crippen molar-refractivity contribution in [3.05, 3.63) is 113 Å². The Morgan fingerprint density at radius 3 is 2.36 bits per heavy atom. The molecule has 5 nitrogen and oxygen atoms in total. The van der Waals surface area contributed by atoms with Gasteiger partial charge in [0.05, 0.1) is 30.8 Å². The maximum Gasteiger partial charge on any atom is 0.214 e. The Balaban J connectivity index is 1.78. The molecule has 2 aromatic heterocycles. The molecule has 6 heteroatoms. The van der Waals surface area contributed by atoms with Crippen molar-refractivity contribution < 1.29 is 9.84 Å². The molecule has 36 heavy (non-hydrogen) atoms. The number of pyridine rings is 1. The average Bonchev–Trinajstić information content (AvgIpc) is 3.33. The summed E-state index contributed by atoms with van der Waals surface area (Å²) in [6, 6.07) is 23.6. The fraction of sp³-hybridized carbons (Fsp3) is 0.200. The molecular formula is C30H28ClN3O2. The fourth-order valence-electron chi connectivity index (χ4n) is 4.70. The van der Waals surface area contributed by atoms with E-state index in [1.165, 1.54) is 5.56 Å². The monoisotopic (exact) mass is 497 g/mol. The van der Waals surface area contributed by atoms with Crippen molar-refractivity contribution in [1.82, 2.24) is 14.5 Å². The number of benzene rings is 3. The van der Waals surface area contributed by atoms with Gasteiger partial charge in [0.25, 0.3) is 0 Å². The summed E-state index contributed by atoms with van der Waals surface area (Å²) in [6.07, 6.45) is 3.42. The molecule has 3 aromatic carbocycles. The van der Waals surface area contributed by atoms with Crippen LogP contribution in [0.2, 0.25) is 5.02 Å². The fourth-order valence-corrected chi connectivity index (χ4v) is 4.89. The zero-order chi connectivity index (χ0) is 25.4. The highest BCUT2D eigenvalue weighted by Crippen LogP contribution is 2.40. The zero-order valence-corrected chi connectivity index (χ0v) is 21.5. The summed E-state index contributed by atoms with van der Waals surface area (Å²) < 4.78 is 7.33. The predicted octanol–water partition coefficient (Wildman–Crippen LogP) is 6.70. The van der Waals surface area contributed by atoms with Gasteiger partial charge in [0, 0.05) is 23.5 Å². The molecule has 0 aliphatic carbocycles. The predicted molar refractivity (Wildman–Crippen MR) is 145 cm³/mol. The lowest BCUT2D eigenvalue weighted by atomic mass is 9.82. The molecule has 5 rings (SSSR count). The van der Waals surface area contributed by atoms with Crippen LogP contribution in [0.5, 0.6) is 5.88 Å². The van der Waals surface area contributed by atoms with Gasteiger partial charge in [-0.3, -0.25) is 0 Å². The molecule has 0 saturated carbocycles. The number of nitrogens with zero attached hydrogens (tertiary/aromatic N) is 3. The van der Waals surface area contributed by atoms with Gasteiger partial charge in [-0.15, -0.1) is 0 Å². The Labute approximate surface area is 216 Å². The van der Waals surface area contributed by atoms with Crippen LogP contribution in [0.4, 0.5) is 0 Å². The summed E-state index contributed by atoms with van der Waals surface area (Å²) >= 11 is 6.33. The number of hydrogen-bond acceptors (Lipinski definition) is 4. The second-order valence-electron chi connectivity index (χ2n) is 9.33. The van der Waals surface area contributed by atoms with E-state index in [-0.39, 0.29) is 0 Å². The van der Waals surface area contributed by atoms with E-state index in [2.05, 4.69) is 35.9 Å². The Kier molecular flexibility index (Phi) is 6.29. The first-order chi connectivity index (χ1) is 17.3. The van der Waals surface area contributed by atoms with E-state index in [0.717, 1.165) is 27.6 Å². The van der Waals surface area contributed by atoms with E-state index in [9.17, 15) is 5.11 Å². The van der Waals surface area contributed by atoms with Crippen LogP contribution in [0.1, 0.15) is 42.1 Å². The molecule has 0 fully saturated rings. The number of aryl methyl sites for hydroxylation is 1. The normalized spacial score (nSPS) is 13.2. The van der Waals surface area contributed by atoms with Crippen molar-refractivity contribution in [2.45, 2.75) is 25.4 Å². The molecule has 1 unspecified atom stereocenters. The Hall–Kier alpha value is -3.67. The highest BCUT2D eigenvalue weighted by atomic mass is 35.5. The van der Waals surface area contributed by atoms with E-state index in [1.807, 2.05) is 72.3 Å². The third-order valence-corrected chi connectivity index (χ3v) is 6.97. The summed E-state index contributed by atoms with van der Waals surface area (Å²) in [7, 11) is 3.49. The summed E-state index contributed by atoms with van der Waals surface area (Å²) in [4.78, 5) is 8.96. The van der Waals surface area contributed by atoms with Crippen LogP contribution in [-0.2, 0) is 12.6 Å². The van der Waals surface area contributed by atoms with Crippen molar-refractivity contribution in [3.8, 4) is 17.0 Å². The lowest BCUT2D eigenvalue weighted by Crippen LogP contribution is -2.31. The number of aromatic nitrogens is 3. The lowest BCUT2D eigenvalue weighted by molar-refractivity contribution is 0.117. The van der Waals surface area contributed by atoms with E-state index in [0.29, 0.717) is 28.1 Å². The summed E-state index contributed by atoms with van der Waals surface area (Å²) in [5.41, 5.74) is 4.55. The first kappa shape index (κ1) is 24.0. The first-order valence-corrected chi connectivity index (χ1v) is 12.2. The molecule has 0 saturated heterocycles.